The van der Waals surface area contributed by atoms with E-state index < -0.39 is 27.7 Å². The summed E-state index contributed by atoms with van der Waals surface area (Å²) in [5, 5.41) is 1.78. The lowest BCUT2D eigenvalue weighted by atomic mass is 9.81. The van der Waals surface area contributed by atoms with E-state index >= 15 is 0 Å². The maximum atomic E-state index is 7.48. The van der Waals surface area contributed by atoms with Crippen LogP contribution in [0.4, 0.5) is 0 Å². The van der Waals surface area contributed by atoms with E-state index in [-0.39, 0.29) is 10.8 Å². The van der Waals surface area contributed by atoms with Crippen molar-refractivity contribution in [3.05, 3.63) is 136 Å². The number of fused-ring (bicyclic) bond motifs is 3. The standard InChI is InChI=1S/C58H70O9P2/c1-35-27-41-42-29-38(59-16)32-46(56(7,8)9)52(42)66-69(65-51(41)45(28-35)55(4,5)6)67-54-44(31-40(61-18)34-48(54)58(13,14)15)43-30-39(60-17)33-47(57(10,11)12)53(43)64-68(62-49-25-21-19-23-36(49)2)63-50-26-22-20-24-37(50)3/h19-34H,1-18H3. The van der Waals surface area contributed by atoms with Crippen molar-refractivity contribution in [2.24, 2.45) is 0 Å². The van der Waals surface area contributed by atoms with Gasteiger partial charge in [0, 0.05) is 44.2 Å². The molecule has 0 aliphatic carbocycles. The van der Waals surface area contributed by atoms with E-state index in [2.05, 4.69) is 108 Å². The highest BCUT2D eigenvalue weighted by Crippen LogP contribution is 2.56. The molecular formula is C58H70O9P2. The molecule has 0 saturated heterocycles. The minimum Gasteiger partial charge on any atom is -0.497 e. The van der Waals surface area contributed by atoms with Crippen molar-refractivity contribution < 1.29 is 40.7 Å². The first kappa shape index (κ1) is 51.1. The Morgan fingerprint density at radius 3 is 1.28 bits per heavy atom. The summed E-state index contributed by atoms with van der Waals surface area (Å²) < 4.78 is 61.0. The molecule has 0 amide bonds. The smallest absolute Gasteiger partial charge is 0.497 e. The van der Waals surface area contributed by atoms with Crippen molar-refractivity contribution in [3.8, 4) is 51.4 Å². The summed E-state index contributed by atoms with van der Waals surface area (Å²) >= 11 is 0. The molecule has 1 aromatic heterocycles. The van der Waals surface area contributed by atoms with Gasteiger partial charge >= 0.3 is 16.8 Å². The van der Waals surface area contributed by atoms with Crippen molar-refractivity contribution in [3.63, 3.8) is 0 Å². The van der Waals surface area contributed by atoms with Gasteiger partial charge in [-0.15, -0.1) is 0 Å². The summed E-state index contributed by atoms with van der Waals surface area (Å²) in [5.74, 6) is 4.35. The number of methoxy groups -OCH3 is 3. The highest BCUT2D eigenvalue weighted by molar-refractivity contribution is 7.43. The number of aryl methyl sites for hydroxylation is 3. The lowest BCUT2D eigenvalue weighted by Crippen LogP contribution is -2.16. The fourth-order valence-electron chi connectivity index (χ4n) is 8.24. The molecule has 0 aliphatic rings. The quantitative estimate of drug-likeness (QED) is 0.111. The summed E-state index contributed by atoms with van der Waals surface area (Å²) in [4.78, 5) is 0. The van der Waals surface area contributed by atoms with Crippen molar-refractivity contribution >= 4 is 38.8 Å². The van der Waals surface area contributed by atoms with E-state index in [9.17, 15) is 0 Å². The molecule has 6 aromatic carbocycles. The van der Waals surface area contributed by atoms with E-state index in [1.54, 1.807) is 21.3 Å². The summed E-state index contributed by atoms with van der Waals surface area (Å²) in [5.41, 5.74) is 7.84. The number of hydrogen-bond donors (Lipinski definition) is 0. The molecule has 0 bridgehead atoms. The molecule has 0 radical (unpaired) electrons. The summed E-state index contributed by atoms with van der Waals surface area (Å²) in [6, 6.07) is 32.2. The molecule has 0 fully saturated rings. The molecule has 1 atom stereocenters. The Balaban J connectivity index is 1.60. The van der Waals surface area contributed by atoms with Crippen LogP contribution in [0.5, 0.6) is 40.2 Å². The highest BCUT2D eigenvalue weighted by Gasteiger charge is 2.34. The minimum absolute atomic E-state index is 0.301. The van der Waals surface area contributed by atoms with Gasteiger partial charge < -0.3 is 40.7 Å². The average Bonchev–Trinajstić information content (AvgIpc) is 3.41. The number of para-hydroxylation sites is 2. The monoisotopic (exact) mass is 972 g/mol. The molecule has 11 heteroatoms. The maximum Gasteiger partial charge on any atom is 0.530 e. The minimum atomic E-state index is -2.22. The van der Waals surface area contributed by atoms with Crippen LogP contribution in [0, 0.1) is 20.8 Å². The fraction of sp³-hybridized carbons (Fsp3) is 0.379. The van der Waals surface area contributed by atoms with Crippen LogP contribution in [-0.2, 0) is 21.7 Å². The number of benzene rings is 6. The van der Waals surface area contributed by atoms with Gasteiger partial charge in [-0.2, -0.15) is 0 Å². The van der Waals surface area contributed by atoms with Crippen LogP contribution < -0.4 is 32.3 Å². The van der Waals surface area contributed by atoms with Crippen molar-refractivity contribution in [1.29, 1.82) is 0 Å². The Bertz CT molecular complexity index is 3000. The van der Waals surface area contributed by atoms with Crippen molar-refractivity contribution in [1.82, 2.24) is 0 Å². The second-order valence-electron chi connectivity index (χ2n) is 21.9. The zero-order chi connectivity index (χ0) is 50.4. The molecular weight excluding hydrogens is 903 g/mol. The van der Waals surface area contributed by atoms with Crippen LogP contribution >= 0.6 is 16.8 Å². The normalized spacial score (nSPS) is 12.6. The van der Waals surface area contributed by atoms with Gasteiger partial charge in [0.2, 0.25) is 0 Å². The van der Waals surface area contributed by atoms with E-state index in [0.717, 1.165) is 55.5 Å². The molecule has 9 nitrogen and oxygen atoms in total. The summed E-state index contributed by atoms with van der Waals surface area (Å²) in [7, 11) is 0.684. The maximum absolute atomic E-state index is 7.48. The molecule has 69 heavy (non-hydrogen) atoms. The molecule has 0 saturated carbocycles. The summed E-state index contributed by atoms with van der Waals surface area (Å²) in [6.07, 6.45) is 0. The Hall–Kier alpha value is -5.75. The van der Waals surface area contributed by atoms with Crippen LogP contribution in [-0.4, -0.2) is 21.3 Å². The third-order valence-electron chi connectivity index (χ3n) is 12.1. The predicted molar refractivity (Wildman–Crippen MR) is 285 cm³/mol. The Kier molecular flexibility index (Phi) is 14.5. The van der Waals surface area contributed by atoms with E-state index in [4.69, 9.17) is 40.7 Å². The molecule has 7 aromatic rings. The molecule has 7 rings (SSSR count). The van der Waals surface area contributed by atoms with Gasteiger partial charge in [0.05, 0.1) is 21.3 Å². The first-order chi connectivity index (χ1) is 32.3. The van der Waals surface area contributed by atoms with Gasteiger partial charge in [0.25, 0.3) is 0 Å². The van der Waals surface area contributed by atoms with Gasteiger partial charge in [-0.25, -0.2) is 0 Å². The Morgan fingerprint density at radius 2 is 0.826 bits per heavy atom. The largest absolute Gasteiger partial charge is 0.530 e. The first-order valence-corrected chi connectivity index (χ1v) is 25.6. The molecule has 0 aliphatic heterocycles. The second-order valence-corrected chi connectivity index (χ2v) is 23.9. The average molecular weight is 973 g/mol. The van der Waals surface area contributed by atoms with Gasteiger partial charge in [0.1, 0.15) is 51.4 Å². The van der Waals surface area contributed by atoms with E-state index in [0.29, 0.717) is 56.8 Å². The van der Waals surface area contributed by atoms with Crippen LogP contribution in [0.3, 0.4) is 0 Å². The van der Waals surface area contributed by atoms with Crippen LogP contribution in [0.15, 0.2) is 105 Å². The van der Waals surface area contributed by atoms with E-state index in [1.807, 2.05) is 92.7 Å². The third kappa shape index (κ3) is 11.2. The first-order valence-electron chi connectivity index (χ1n) is 23.4. The van der Waals surface area contributed by atoms with Crippen LogP contribution in [0.25, 0.3) is 33.1 Å². The topological polar surface area (TPSA) is 90.9 Å². The van der Waals surface area contributed by atoms with Gasteiger partial charge in [0.15, 0.2) is 0 Å². The Morgan fingerprint density at radius 1 is 0.435 bits per heavy atom. The zero-order valence-electron chi connectivity index (χ0n) is 43.8. The van der Waals surface area contributed by atoms with E-state index in [1.165, 1.54) is 0 Å². The number of ether oxygens (including phenoxy) is 3. The zero-order valence-corrected chi connectivity index (χ0v) is 45.6. The molecule has 1 unspecified atom stereocenters. The highest BCUT2D eigenvalue weighted by atomic mass is 31.2. The van der Waals surface area contributed by atoms with Crippen molar-refractivity contribution in [2.75, 3.05) is 21.3 Å². The number of hydrogen-bond acceptors (Lipinski definition) is 9. The molecule has 0 N–H and O–H groups in total. The molecule has 0 spiro atoms. The third-order valence-corrected chi connectivity index (χ3v) is 14.2. The Labute approximate surface area is 412 Å². The lowest BCUT2D eigenvalue weighted by molar-refractivity contribution is 0.378. The second kappa shape index (κ2) is 19.6. The van der Waals surface area contributed by atoms with Crippen molar-refractivity contribution in [2.45, 2.75) is 126 Å². The van der Waals surface area contributed by atoms with Gasteiger partial charge in [-0.1, -0.05) is 126 Å². The van der Waals surface area contributed by atoms with Gasteiger partial charge in [-0.3, -0.25) is 0 Å². The van der Waals surface area contributed by atoms with Gasteiger partial charge in [-0.05, 0) is 114 Å². The predicted octanol–water partition coefficient (Wildman–Crippen LogP) is 17.7. The fourth-order valence-corrected chi connectivity index (χ4v) is 10.6. The van der Waals surface area contributed by atoms with Crippen LogP contribution in [0.1, 0.15) is 122 Å². The molecule has 1 heterocycles. The summed E-state index contributed by atoms with van der Waals surface area (Å²) in [6.45, 7) is 32.2. The number of rotatable bonds is 12. The lowest BCUT2D eigenvalue weighted by Gasteiger charge is -2.29. The molecule has 366 valence electrons. The SMILES string of the molecule is COc1cc(-c2cc(OC)cc(C(C)(C)C)c2Op2oc3c(C(C)(C)C)cc(C)cc3c3cc(OC)cc(C(C)(C)C)c3o2)c(OP(Oc2ccccc2C)Oc2ccccc2C)c(C(C)(C)C)c1. The van der Waals surface area contributed by atoms with Crippen LogP contribution in [0.2, 0.25) is 0 Å².